The van der Waals surface area contributed by atoms with Gasteiger partial charge in [0.1, 0.15) is 36.4 Å². The van der Waals surface area contributed by atoms with Crippen molar-refractivity contribution in [2.24, 2.45) is 5.92 Å². The molecule has 0 aliphatic carbocycles. The second-order valence-corrected chi connectivity index (χ2v) is 8.16. The molecule has 0 radical (unpaired) electrons. The number of aromatic nitrogens is 1. The van der Waals surface area contributed by atoms with E-state index < -0.39 is 47.6 Å². The number of nitriles is 1. The van der Waals surface area contributed by atoms with E-state index >= 15 is 0 Å². The largest absolute Gasteiger partial charge is 0.463 e. The molecule has 9 nitrogen and oxygen atoms in total. The Bertz CT molecular complexity index is 858. The number of esters is 3. The van der Waals surface area contributed by atoms with Gasteiger partial charge >= 0.3 is 17.9 Å². The Morgan fingerprint density at radius 2 is 1.83 bits per heavy atom. The van der Waals surface area contributed by atoms with Crippen LogP contribution in [0.1, 0.15) is 33.4 Å². The molecule has 11 heteroatoms. The normalized spacial score (nSPS) is 25.7. The van der Waals surface area contributed by atoms with Crippen LogP contribution in [0.4, 0.5) is 0 Å². The number of ether oxygens (including phenoxy) is 4. The highest BCUT2D eigenvalue weighted by atomic mass is 35.5. The van der Waals surface area contributed by atoms with Crippen molar-refractivity contribution in [1.29, 1.82) is 5.26 Å². The standard InChI is InChI=1S/C19H21ClN2O7S/c1-9-17(27-11(3)24)16(8-26-10(2)23)29-19(18(9)28-12(4)25)30-13-5-14(20)15(6-21)22-7-13/h5,7,9,16-19H,8H2,1-4H3/t9?,16?,17-,18?,19-/m1/s1. The van der Waals surface area contributed by atoms with Crippen molar-refractivity contribution in [3.05, 3.63) is 23.0 Å². The molecule has 0 amide bonds. The van der Waals surface area contributed by atoms with Gasteiger partial charge in [0.2, 0.25) is 0 Å². The summed E-state index contributed by atoms with van der Waals surface area (Å²) in [4.78, 5) is 39.1. The molecule has 1 fully saturated rings. The fraction of sp³-hybridized carbons (Fsp3) is 0.526. The van der Waals surface area contributed by atoms with Crippen molar-refractivity contribution >= 4 is 41.3 Å². The van der Waals surface area contributed by atoms with Gasteiger partial charge in [-0.1, -0.05) is 30.3 Å². The molecule has 162 valence electrons. The van der Waals surface area contributed by atoms with Crippen LogP contribution in [0.25, 0.3) is 0 Å². The van der Waals surface area contributed by atoms with Crippen LogP contribution in [-0.4, -0.2) is 53.2 Å². The first kappa shape index (κ1) is 23.9. The summed E-state index contributed by atoms with van der Waals surface area (Å²) in [6.07, 6.45) is -0.905. The lowest BCUT2D eigenvalue weighted by atomic mass is 9.91. The zero-order chi connectivity index (χ0) is 22.4. The first-order chi connectivity index (χ1) is 14.1. The summed E-state index contributed by atoms with van der Waals surface area (Å²) in [5.41, 5.74) is -0.653. The zero-order valence-corrected chi connectivity index (χ0v) is 18.4. The minimum atomic E-state index is -0.800. The molecule has 2 heterocycles. The summed E-state index contributed by atoms with van der Waals surface area (Å²) < 4.78 is 21.9. The third-order valence-electron chi connectivity index (χ3n) is 4.21. The van der Waals surface area contributed by atoms with Crippen LogP contribution >= 0.6 is 23.4 Å². The van der Waals surface area contributed by atoms with Crippen molar-refractivity contribution < 1.29 is 33.3 Å². The van der Waals surface area contributed by atoms with Gasteiger partial charge in [-0.3, -0.25) is 14.4 Å². The highest BCUT2D eigenvalue weighted by molar-refractivity contribution is 7.99. The Balaban J connectivity index is 2.33. The summed E-state index contributed by atoms with van der Waals surface area (Å²) in [6.45, 7) is 5.38. The fourth-order valence-electron chi connectivity index (χ4n) is 2.96. The number of halogens is 1. The number of hydrogen-bond acceptors (Lipinski definition) is 10. The van der Waals surface area contributed by atoms with Crippen LogP contribution in [-0.2, 0) is 33.3 Å². The predicted octanol–water partition coefficient (Wildman–Crippen LogP) is 2.49. The molecule has 1 aromatic heterocycles. The van der Waals surface area contributed by atoms with E-state index in [1.165, 1.54) is 38.7 Å². The summed E-state index contributed by atoms with van der Waals surface area (Å²) >= 11 is 7.22. The Hall–Kier alpha value is -2.35. The van der Waals surface area contributed by atoms with E-state index in [1.54, 1.807) is 13.0 Å². The molecular formula is C19H21ClN2O7S. The number of nitrogens with zero attached hydrogens (tertiary/aromatic N) is 2. The van der Waals surface area contributed by atoms with E-state index in [-0.39, 0.29) is 17.3 Å². The van der Waals surface area contributed by atoms with Gasteiger partial charge in [-0.2, -0.15) is 5.26 Å². The van der Waals surface area contributed by atoms with Gasteiger partial charge in [-0.05, 0) is 6.07 Å². The number of rotatable bonds is 6. The predicted molar refractivity (Wildman–Crippen MR) is 105 cm³/mol. The maximum Gasteiger partial charge on any atom is 0.303 e. The van der Waals surface area contributed by atoms with Crippen molar-refractivity contribution in [3.8, 4) is 6.07 Å². The molecule has 0 aromatic carbocycles. The van der Waals surface area contributed by atoms with Gasteiger partial charge in [0.05, 0.1) is 5.02 Å². The lowest BCUT2D eigenvalue weighted by Gasteiger charge is -2.43. The minimum absolute atomic E-state index is 0.0816. The van der Waals surface area contributed by atoms with Crippen molar-refractivity contribution in [2.75, 3.05) is 6.61 Å². The number of carbonyl (C=O) groups excluding carboxylic acids is 3. The van der Waals surface area contributed by atoms with Gasteiger partial charge in [0, 0.05) is 37.8 Å². The maximum atomic E-state index is 11.7. The quantitative estimate of drug-likeness (QED) is 0.465. The number of pyridine rings is 1. The fourth-order valence-corrected chi connectivity index (χ4v) is 4.44. The molecule has 2 rings (SSSR count). The summed E-state index contributed by atoms with van der Waals surface area (Å²) in [5, 5.41) is 9.15. The van der Waals surface area contributed by atoms with Crippen molar-refractivity contribution in [1.82, 2.24) is 4.98 Å². The van der Waals surface area contributed by atoms with Crippen LogP contribution in [0.2, 0.25) is 5.02 Å². The van der Waals surface area contributed by atoms with E-state index in [9.17, 15) is 14.4 Å². The lowest BCUT2D eigenvalue weighted by Crippen LogP contribution is -2.56. The van der Waals surface area contributed by atoms with E-state index in [1.807, 2.05) is 6.07 Å². The average Bonchev–Trinajstić information content (AvgIpc) is 2.65. The molecule has 30 heavy (non-hydrogen) atoms. The molecule has 1 aliphatic heterocycles. The Kier molecular flexibility index (Phi) is 8.46. The van der Waals surface area contributed by atoms with Crippen LogP contribution < -0.4 is 0 Å². The van der Waals surface area contributed by atoms with Crippen LogP contribution in [0.5, 0.6) is 0 Å². The molecular weight excluding hydrogens is 436 g/mol. The molecule has 0 saturated carbocycles. The monoisotopic (exact) mass is 456 g/mol. The Morgan fingerprint density at radius 3 is 2.37 bits per heavy atom. The van der Waals surface area contributed by atoms with Gasteiger partial charge in [0.25, 0.3) is 0 Å². The lowest BCUT2D eigenvalue weighted by molar-refractivity contribution is -0.212. The third-order valence-corrected chi connectivity index (χ3v) is 5.60. The van der Waals surface area contributed by atoms with E-state index in [0.717, 1.165) is 0 Å². The molecule has 0 spiro atoms. The molecule has 1 aliphatic rings. The second-order valence-electron chi connectivity index (χ2n) is 6.58. The van der Waals surface area contributed by atoms with E-state index in [0.29, 0.717) is 4.90 Å². The first-order valence-corrected chi connectivity index (χ1v) is 10.2. The molecule has 3 unspecified atom stereocenters. The number of thioether (sulfide) groups is 1. The topological polar surface area (TPSA) is 125 Å². The summed E-state index contributed by atoms with van der Waals surface area (Å²) in [5.74, 6) is -2.05. The number of carbonyl (C=O) groups is 3. The highest BCUT2D eigenvalue weighted by Crippen LogP contribution is 2.39. The maximum absolute atomic E-state index is 11.7. The molecule has 0 N–H and O–H groups in total. The van der Waals surface area contributed by atoms with Crippen molar-refractivity contribution in [2.45, 2.75) is 56.3 Å². The first-order valence-electron chi connectivity index (χ1n) is 8.98. The zero-order valence-electron chi connectivity index (χ0n) is 16.8. The van der Waals surface area contributed by atoms with Crippen LogP contribution in [0, 0.1) is 17.2 Å². The van der Waals surface area contributed by atoms with E-state index in [4.69, 9.17) is 35.8 Å². The Morgan fingerprint density at radius 1 is 1.20 bits per heavy atom. The van der Waals surface area contributed by atoms with E-state index in [2.05, 4.69) is 4.98 Å². The van der Waals surface area contributed by atoms with Gasteiger partial charge in [-0.25, -0.2) is 4.98 Å². The van der Waals surface area contributed by atoms with Crippen LogP contribution in [0.15, 0.2) is 17.2 Å². The summed E-state index contributed by atoms with van der Waals surface area (Å²) in [7, 11) is 0. The van der Waals surface area contributed by atoms with Gasteiger partial charge < -0.3 is 18.9 Å². The van der Waals surface area contributed by atoms with Crippen LogP contribution in [0.3, 0.4) is 0 Å². The Labute approximate surface area is 183 Å². The number of hydrogen-bond donors (Lipinski definition) is 0. The molecule has 0 bridgehead atoms. The van der Waals surface area contributed by atoms with Gasteiger partial charge in [-0.15, -0.1) is 0 Å². The molecule has 1 saturated heterocycles. The molecule has 1 aromatic rings. The molecule has 5 atom stereocenters. The smallest absolute Gasteiger partial charge is 0.303 e. The highest BCUT2D eigenvalue weighted by Gasteiger charge is 2.48. The minimum Gasteiger partial charge on any atom is -0.463 e. The SMILES string of the molecule is CC(=O)OCC1O[C@H](Sc2cnc(C#N)c(Cl)c2)C(OC(C)=O)C(C)[C@H]1OC(C)=O. The average molecular weight is 457 g/mol. The van der Waals surface area contributed by atoms with Crippen molar-refractivity contribution in [3.63, 3.8) is 0 Å². The summed E-state index contributed by atoms with van der Waals surface area (Å²) in [6, 6.07) is 3.43. The third kappa shape index (κ3) is 6.32. The van der Waals surface area contributed by atoms with Gasteiger partial charge in [0.15, 0.2) is 5.69 Å². The second kappa shape index (κ2) is 10.6.